The second kappa shape index (κ2) is 9.28. The van der Waals surface area contributed by atoms with Gasteiger partial charge in [-0.15, -0.1) is 0 Å². The van der Waals surface area contributed by atoms with Crippen molar-refractivity contribution >= 4 is 40.5 Å². The molecule has 3 aromatic rings. The summed E-state index contributed by atoms with van der Waals surface area (Å²) in [5, 5.41) is 14.0. The summed E-state index contributed by atoms with van der Waals surface area (Å²) >= 11 is 17.9. The molecule has 3 rings (SSSR count). The maximum Gasteiger partial charge on any atom is 0.166 e. The number of halogens is 3. The summed E-state index contributed by atoms with van der Waals surface area (Å²) in [6, 6.07) is 16.4. The van der Waals surface area contributed by atoms with Gasteiger partial charge in [-0.3, -0.25) is 0 Å². The Balaban J connectivity index is 1.78. The van der Waals surface area contributed by atoms with Crippen LogP contribution in [0, 0.1) is 0 Å². The predicted octanol–water partition coefficient (Wildman–Crippen LogP) is 6.55. The van der Waals surface area contributed by atoms with Gasteiger partial charge in [0.15, 0.2) is 17.2 Å². The van der Waals surface area contributed by atoms with Crippen LogP contribution in [0.25, 0.3) is 0 Å². The van der Waals surface area contributed by atoms with Crippen molar-refractivity contribution in [3.8, 4) is 17.2 Å². The first-order valence-electron chi connectivity index (χ1n) is 8.43. The summed E-state index contributed by atoms with van der Waals surface area (Å²) in [6.45, 7) is 0.825. The van der Waals surface area contributed by atoms with Crippen LogP contribution in [0.5, 0.6) is 17.2 Å². The number of phenols is 1. The van der Waals surface area contributed by atoms with E-state index < -0.39 is 0 Å². The van der Waals surface area contributed by atoms with Crippen molar-refractivity contribution in [2.75, 3.05) is 12.4 Å². The number of ether oxygens (including phenoxy) is 2. The SMILES string of the molecule is COc1cccc(CNc2cc(Cl)c(O)c(Cl)c2)c1OCc1ccc(Cl)cc1. The molecule has 0 bridgehead atoms. The lowest BCUT2D eigenvalue weighted by Crippen LogP contribution is -2.05. The molecule has 7 heteroatoms. The minimum Gasteiger partial charge on any atom is -0.505 e. The third-order valence-electron chi connectivity index (χ3n) is 4.08. The summed E-state index contributed by atoms with van der Waals surface area (Å²) in [5.74, 6) is 1.14. The molecule has 146 valence electrons. The largest absolute Gasteiger partial charge is 0.505 e. The number of rotatable bonds is 7. The lowest BCUT2D eigenvalue weighted by molar-refractivity contribution is 0.281. The number of nitrogens with one attached hydrogen (secondary N) is 1. The first kappa shape index (κ1) is 20.5. The van der Waals surface area contributed by atoms with E-state index >= 15 is 0 Å². The summed E-state index contributed by atoms with van der Waals surface area (Å²) < 4.78 is 11.5. The molecule has 3 aromatic carbocycles. The van der Waals surface area contributed by atoms with Crippen molar-refractivity contribution < 1.29 is 14.6 Å². The highest BCUT2D eigenvalue weighted by Crippen LogP contribution is 2.36. The van der Waals surface area contributed by atoms with Crippen molar-refractivity contribution in [1.29, 1.82) is 0 Å². The maximum atomic E-state index is 9.69. The molecule has 4 nitrogen and oxygen atoms in total. The molecule has 0 aliphatic heterocycles. The van der Waals surface area contributed by atoms with Gasteiger partial charge in [-0.2, -0.15) is 0 Å². The number of hydrogen-bond acceptors (Lipinski definition) is 4. The minimum absolute atomic E-state index is 0.137. The molecular formula is C21H18Cl3NO3. The van der Waals surface area contributed by atoms with Gasteiger partial charge < -0.3 is 19.9 Å². The summed E-state index contributed by atoms with van der Waals surface area (Å²) in [4.78, 5) is 0. The second-order valence-corrected chi connectivity index (χ2v) is 7.26. The van der Waals surface area contributed by atoms with E-state index in [4.69, 9.17) is 44.3 Å². The summed E-state index contributed by atoms with van der Waals surface area (Å²) in [5.41, 5.74) is 2.57. The normalized spacial score (nSPS) is 10.6. The zero-order chi connectivity index (χ0) is 20.1. The Kier molecular flexibility index (Phi) is 6.79. The first-order valence-corrected chi connectivity index (χ1v) is 9.56. The van der Waals surface area contributed by atoms with Gasteiger partial charge in [-0.1, -0.05) is 59.1 Å². The second-order valence-electron chi connectivity index (χ2n) is 6.01. The molecule has 0 radical (unpaired) electrons. The quantitative estimate of drug-likeness (QED) is 0.411. The van der Waals surface area contributed by atoms with Crippen molar-refractivity contribution in [1.82, 2.24) is 0 Å². The molecule has 28 heavy (non-hydrogen) atoms. The average molecular weight is 439 g/mol. The number of methoxy groups -OCH3 is 1. The number of anilines is 1. The van der Waals surface area contributed by atoms with E-state index in [1.54, 1.807) is 19.2 Å². The van der Waals surface area contributed by atoms with Crippen LogP contribution in [0.3, 0.4) is 0 Å². The highest BCUT2D eigenvalue weighted by molar-refractivity contribution is 6.37. The van der Waals surface area contributed by atoms with Crippen LogP contribution < -0.4 is 14.8 Å². The van der Waals surface area contributed by atoms with Crippen molar-refractivity contribution in [2.24, 2.45) is 0 Å². The van der Waals surface area contributed by atoms with E-state index in [9.17, 15) is 5.11 Å². The van der Waals surface area contributed by atoms with Gasteiger partial charge >= 0.3 is 0 Å². The van der Waals surface area contributed by atoms with Crippen molar-refractivity contribution in [3.05, 3.63) is 80.8 Å². The molecule has 2 N–H and O–H groups in total. The Labute approximate surface area is 178 Å². The Bertz CT molecular complexity index is 939. The lowest BCUT2D eigenvalue weighted by Gasteiger charge is -2.16. The van der Waals surface area contributed by atoms with Crippen molar-refractivity contribution in [2.45, 2.75) is 13.2 Å². The molecule has 0 saturated heterocycles. The molecule has 0 heterocycles. The van der Waals surface area contributed by atoms with Crippen molar-refractivity contribution in [3.63, 3.8) is 0 Å². The van der Waals surface area contributed by atoms with Crippen LogP contribution in [0.1, 0.15) is 11.1 Å². The van der Waals surface area contributed by atoms with Gasteiger partial charge in [-0.25, -0.2) is 0 Å². The van der Waals surface area contributed by atoms with E-state index in [0.717, 1.165) is 11.1 Å². The van der Waals surface area contributed by atoms with Gasteiger partial charge in [0, 0.05) is 22.8 Å². The number of para-hydroxylation sites is 1. The standard InChI is InChI=1S/C21H18Cl3NO3/c1-27-19-4-2-3-14(11-25-16-9-17(23)20(26)18(24)10-16)21(19)28-12-13-5-7-15(22)8-6-13/h2-10,25-26H,11-12H2,1H3. The topological polar surface area (TPSA) is 50.7 Å². The molecule has 0 atom stereocenters. The lowest BCUT2D eigenvalue weighted by atomic mass is 10.1. The van der Waals surface area contributed by atoms with E-state index in [2.05, 4.69) is 5.32 Å². The van der Waals surface area contributed by atoms with E-state index in [1.165, 1.54) is 0 Å². The molecule has 0 fully saturated rings. The highest BCUT2D eigenvalue weighted by atomic mass is 35.5. The van der Waals surface area contributed by atoms with E-state index in [0.29, 0.717) is 35.4 Å². The van der Waals surface area contributed by atoms with Crippen LogP contribution >= 0.6 is 34.8 Å². The van der Waals surface area contributed by atoms with Crippen LogP contribution in [0.2, 0.25) is 15.1 Å². The molecule has 0 aromatic heterocycles. The zero-order valence-electron chi connectivity index (χ0n) is 15.0. The Hall–Kier alpha value is -2.27. The van der Waals surface area contributed by atoms with Gasteiger partial charge in [0.05, 0.1) is 17.2 Å². The van der Waals surface area contributed by atoms with Crippen LogP contribution in [-0.4, -0.2) is 12.2 Å². The molecular weight excluding hydrogens is 421 g/mol. The Morgan fingerprint density at radius 2 is 1.64 bits per heavy atom. The molecule has 0 amide bonds. The molecule has 0 aliphatic carbocycles. The molecule has 0 saturated carbocycles. The van der Waals surface area contributed by atoms with Gasteiger partial charge in [0.1, 0.15) is 6.61 Å². The highest BCUT2D eigenvalue weighted by Gasteiger charge is 2.12. The first-order chi connectivity index (χ1) is 13.5. The Morgan fingerprint density at radius 3 is 2.29 bits per heavy atom. The third-order valence-corrected chi connectivity index (χ3v) is 4.90. The van der Waals surface area contributed by atoms with E-state index in [1.807, 2.05) is 42.5 Å². The van der Waals surface area contributed by atoms with Crippen LogP contribution in [0.15, 0.2) is 54.6 Å². The number of hydrogen-bond donors (Lipinski definition) is 2. The minimum atomic E-state index is -0.137. The molecule has 0 aliphatic rings. The zero-order valence-corrected chi connectivity index (χ0v) is 17.3. The predicted molar refractivity (Wildman–Crippen MR) is 114 cm³/mol. The van der Waals surface area contributed by atoms with Gasteiger partial charge in [0.25, 0.3) is 0 Å². The molecule has 0 unspecified atom stereocenters. The average Bonchev–Trinajstić information content (AvgIpc) is 2.70. The van der Waals surface area contributed by atoms with Crippen LogP contribution in [0.4, 0.5) is 5.69 Å². The maximum absolute atomic E-state index is 9.69. The third kappa shape index (κ3) is 4.96. The number of benzene rings is 3. The molecule has 0 spiro atoms. The van der Waals surface area contributed by atoms with E-state index in [-0.39, 0.29) is 15.8 Å². The van der Waals surface area contributed by atoms with Crippen LogP contribution in [-0.2, 0) is 13.2 Å². The van der Waals surface area contributed by atoms with Gasteiger partial charge in [0.2, 0.25) is 0 Å². The Morgan fingerprint density at radius 1 is 0.964 bits per heavy atom. The number of phenolic OH excluding ortho intramolecular Hbond substituents is 1. The van der Waals surface area contributed by atoms with Gasteiger partial charge in [-0.05, 0) is 35.9 Å². The fourth-order valence-corrected chi connectivity index (χ4v) is 3.24. The smallest absolute Gasteiger partial charge is 0.166 e. The fraction of sp³-hybridized carbons (Fsp3) is 0.143. The fourth-order valence-electron chi connectivity index (χ4n) is 2.63. The number of aromatic hydroxyl groups is 1. The summed E-state index contributed by atoms with van der Waals surface area (Å²) in [6.07, 6.45) is 0. The summed E-state index contributed by atoms with van der Waals surface area (Å²) in [7, 11) is 1.60. The monoisotopic (exact) mass is 437 g/mol.